The number of anilines is 1. The summed E-state index contributed by atoms with van der Waals surface area (Å²) < 4.78 is 41.0. The Balaban J connectivity index is 1.65. The zero-order valence-corrected chi connectivity index (χ0v) is 17.6. The molecule has 0 saturated carbocycles. The first-order chi connectivity index (χ1) is 14.7. The van der Waals surface area contributed by atoms with Crippen molar-refractivity contribution in [1.29, 1.82) is 0 Å². The van der Waals surface area contributed by atoms with E-state index in [9.17, 15) is 18.0 Å². The predicted octanol–water partition coefficient (Wildman–Crippen LogP) is 6.83. The fourth-order valence-electron chi connectivity index (χ4n) is 3.01. The molecule has 1 N–H and O–H groups in total. The molecule has 0 fully saturated rings. The maximum atomic E-state index is 13.2. The molecule has 2 aromatic carbocycles. The molecule has 0 radical (unpaired) electrons. The van der Waals surface area contributed by atoms with Crippen LogP contribution in [-0.2, 0) is 6.18 Å². The summed E-state index contributed by atoms with van der Waals surface area (Å²) in [5, 5.41) is 8.86. The van der Waals surface area contributed by atoms with Crippen molar-refractivity contribution in [2.24, 2.45) is 0 Å². The molecule has 0 spiro atoms. The van der Waals surface area contributed by atoms with Gasteiger partial charge < -0.3 is 5.32 Å². The van der Waals surface area contributed by atoms with Crippen molar-refractivity contribution in [2.75, 3.05) is 5.32 Å². The lowest BCUT2D eigenvalue weighted by atomic mass is 10.1. The molecular formula is C22H15ClF3N3OS. The summed E-state index contributed by atoms with van der Waals surface area (Å²) in [6, 6.07) is 15.9. The summed E-state index contributed by atoms with van der Waals surface area (Å²) in [6.45, 7) is 1.79. The summed E-state index contributed by atoms with van der Waals surface area (Å²) in [5.74, 6) is -0.355. The lowest BCUT2D eigenvalue weighted by molar-refractivity contribution is -0.141. The maximum Gasteiger partial charge on any atom is 0.435 e. The third-order valence-corrected chi connectivity index (χ3v) is 5.97. The first-order valence-corrected chi connectivity index (χ1v) is 10.4. The van der Waals surface area contributed by atoms with Crippen molar-refractivity contribution in [3.63, 3.8) is 0 Å². The van der Waals surface area contributed by atoms with Gasteiger partial charge >= 0.3 is 6.18 Å². The average Bonchev–Trinajstić information content (AvgIpc) is 3.41. The fraction of sp³-hybridized carbons (Fsp3) is 0.0909. The molecule has 4 nitrogen and oxygen atoms in total. The largest absolute Gasteiger partial charge is 0.435 e. The number of carbonyl (C=O) groups excluding carboxylic acids is 1. The van der Waals surface area contributed by atoms with Crippen LogP contribution >= 0.6 is 22.9 Å². The van der Waals surface area contributed by atoms with E-state index in [1.165, 1.54) is 28.2 Å². The summed E-state index contributed by atoms with van der Waals surface area (Å²) in [4.78, 5) is 13.2. The van der Waals surface area contributed by atoms with Gasteiger partial charge in [0.15, 0.2) is 5.69 Å². The summed E-state index contributed by atoms with van der Waals surface area (Å²) >= 11 is 7.40. The zero-order valence-electron chi connectivity index (χ0n) is 16.1. The highest BCUT2D eigenvalue weighted by molar-refractivity contribution is 7.13. The fourth-order valence-corrected chi connectivity index (χ4v) is 3.91. The SMILES string of the molecule is Cc1c(Cl)cccc1NC(=O)c1ccc(-n2nc(C(F)(F)F)cc2-c2cccs2)cc1. The molecule has 158 valence electrons. The van der Waals surface area contributed by atoms with Crippen LogP contribution in [0.15, 0.2) is 66.0 Å². The van der Waals surface area contributed by atoms with Crippen LogP contribution in [0.4, 0.5) is 18.9 Å². The van der Waals surface area contributed by atoms with Crippen LogP contribution in [0.2, 0.25) is 5.02 Å². The number of halogens is 4. The topological polar surface area (TPSA) is 46.9 Å². The number of hydrogen-bond acceptors (Lipinski definition) is 3. The van der Waals surface area contributed by atoms with E-state index >= 15 is 0 Å². The Morgan fingerprint density at radius 2 is 1.84 bits per heavy atom. The Kier molecular flexibility index (Phi) is 5.60. The number of nitrogens with zero attached hydrogens (tertiary/aromatic N) is 2. The number of rotatable bonds is 4. The van der Waals surface area contributed by atoms with Gasteiger partial charge in [-0.25, -0.2) is 4.68 Å². The highest BCUT2D eigenvalue weighted by Crippen LogP contribution is 2.34. The van der Waals surface area contributed by atoms with Gasteiger partial charge in [-0.1, -0.05) is 23.7 Å². The lowest BCUT2D eigenvalue weighted by Gasteiger charge is -2.11. The van der Waals surface area contributed by atoms with E-state index < -0.39 is 11.9 Å². The molecule has 2 heterocycles. The summed E-state index contributed by atoms with van der Waals surface area (Å²) in [6.07, 6.45) is -4.56. The van der Waals surface area contributed by atoms with Gasteiger partial charge in [-0.2, -0.15) is 18.3 Å². The molecule has 0 bridgehead atoms. The molecule has 1 amide bonds. The third kappa shape index (κ3) is 4.35. The Morgan fingerprint density at radius 3 is 2.48 bits per heavy atom. The number of thiophene rings is 1. The van der Waals surface area contributed by atoms with Crippen LogP contribution in [0.1, 0.15) is 21.6 Å². The van der Waals surface area contributed by atoms with Crippen molar-refractivity contribution >= 4 is 34.5 Å². The standard InChI is InChI=1S/C22H15ClF3N3OS/c1-13-16(23)4-2-5-17(13)27-21(30)14-7-9-15(10-8-14)29-18(19-6-3-11-31-19)12-20(28-29)22(24,25)26/h2-12H,1H3,(H,27,30). The Labute approximate surface area is 184 Å². The second-order valence-electron chi connectivity index (χ2n) is 6.72. The van der Waals surface area contributed by atoms with Crippen LogP contribution in [0.25, 0.3) is 16.3 Å². The molecule has 0 aliphatic carbocycles. The first kappa shape index (κ1) is 21.1. The number of nitrogens with one attached hydrogen (secondary N) is 1. The second kappa shape index (κ2) is 8.20. The van der Waals surface area contributed by atoms with E-state index in [-0.39, 0.29) is 5.91 Å². The van der Waals surface area contributed by atoms with Gasteiger partial charge in [0.2, 0.25) is 0 Å². The van der Waals surface area contributed by atoms with E-state index in [1.807, 2.05) is 0 Å². The zero-order chi connectivity index (χ0) is 22.2. The van der Waals surface area contributed by atoms with Gasteiger partial charge in [-0.15, -0.1) is 11.3 Å². The van der Waals surface area contributed by atoms with Crippen molar-refractivity contribution in [2.45, 2.75) is 13.1 Å². The van der Waals surface area contributed by atoms with E-state index in [0.717, 1.165) is 11.6 Å². The molecule has 0 saturated heterocycles. The van der Waals surface area contributed by atoms with Crippen LogP contribution in [-0.4, -0.2) is 15.7 Å². The third-order valence-electron chi connectivity index (χ3n) is 4.66. The number of aromatic nitrogens is 2. The van der Waals surface area contributed by atoms with Gasteiger partial charge in [0.05, 0.1) is 16.3 Å². The molecule has 4 rings (SSSR count). The summed E-state index contributed by atoms with van der Waals surface area (Å²) in [7, 11) is 0. The minimum absolute atomic E-state index is 0.328. The Bertz CT molecular complexity index is 1230. The van der Waals surface area contributed by atoms with E-state index in [0.29, 0.717) is 32.5 Å². The van der Waals surface area contributed by atoms with Gasteiger partial charge in [0.1, 0.15) is 0 Å². The molecule has 9 heteroatoms. The molecule has 0 atom stereocenters. The van der Waals surface area contributed by atoms with Crippen molar-refractivity contribution in [3.8, 4) is 16.3 Å². The first-order valence-electron chi connectivity index (χ1n) is 9.12. The van der Waals surface area contributed by atoms with Gasteiger partial charge in [-0.05, 0) is 66.4 Å². The minimum Gasteiger partial charge on any atom is -0.322 e. The van der Waals surface area contributed by atoms with Crippen molar-refractivity contribution in [3.05, 3.63) is 87.9 Å². The highest BCUT2D eigenvalue weighted by atomic mass is 35.5. The number of benzene rings is 2. The predicted molar refractivity (Wildman–Crippen MR) is 116 cm³/mol. The maximum absolute atomic E-state index is 13.2. The number of hydrogen-bond donors (Lipinski definition) is 1. The number of amides is 1. The Morgan fingerprint density at radius 1 is 1.10 bits per heavy atom. The van der Waals surface area contributed by atoms with Crippen molar-refractivity contribution in [1.82, 2.24) is 9.78 Å². The van der Waals surface area contributed by atoms with E-state index in [1.54, 1.807) is 54.8 Å². The average molecular weight is 462 g/mol. The smallest absolute Gasteiger partial charge is 0.322 e. The highest BCUT2D eigenvalue weighted by Gasteiger charge is 2.35. The molecule has 31 heavy (non-hydrogen) atoms. The number of carbonyl (C=O) groups is 1. The Hall–Kier alpha value is -3.10. The van der Waals surface area contributed by atoms with Gasteiger partial charge in [-0.3, -0.25) is 4.79 Å². The molecular weight excluding hydrogens is 447 g/mol. The quantitative estimate of drug-likeness (QED) is 0.362. The number of alkyl halides is 3. The van der Waals surface area contributed by atoms with Crippen molar-refractivity contribution < 1.29 is 18.0 Å². The normalized spacial score (nSPS) is 11.5. The monoisotopic (exact) mass is 461 g/mol. The van der Waals surface area contributed by atoms with E-state index in [4.69, 9.17) is 11.6 Å². The minimum atomic E-state index is -4.56. The lowest BCUT2D eigenvalue weighted by Crippen LogP contribution is -2.13. The van der Waals surface area contributed by atoms with Crippen LogP contribution in [0.3, 0.4) is 0 Å². The summed E-state index contributed by atoms with van der Waals surface area (Å²) in [5.41, 5.74) is 1.44. The van der Waals surface area contributed by atoms with Crippen LogP contribution in [0, 0.1) is 6.92 Å². The molecule has 2 aromatic heterocycles. The molecule has 0 aliphatic rings. The van der Waals surface area contributed by atoms with Gasteiger partial charge in [0.25, 0.3) is 5.91 Å². The second-order valence-corrected chi connectivity index (χ2v) is 8.07. The molecule has 0 aliphatic heterocycles. The van der Waals surface area contributed by atoms with E-state index in [2.05, 4.69) is 10.4 Å². The molecule has 4 aromatic rings. The molecule has 0 unspecified atom stereocenters. The van der Waals surface area contributed by atoms with Crippen LogP contribution in [0.5, 0.6) is 0 Å². The van der Waals surface area contributed by atoms with Gasteiger partial charge in [0, 0.05) is 16.3 Å². The van der Waals surface area contributed by atoms with Crippen LogP contribution < -0.4 is 5.32 Å².